The van der Waals surface area contributed by atoms with Crippen LogP contribution in [0.1, 0.15) is 13.7 Å². The van der Waals surface area contributed by atoms with Crippen LogP contribution in [0.2, 0.25) is 0 Å². The van der Waals surface area contributed by atoms with Gasteiger partial charge in [-0.05, 0) is 34.0 Å². The lowest BCUT2D eigenvalue weighted by atomic mass is 9.95. The summed E-state index contributed by atoms with van der Waals surface area (Å²) in [5.74, 6) is 0. The molecule has 0 saturated carbocycles. The Morgan fingerprint density at radius 3 is 1.73 bits per heavy atom. The van der Waals surface area contributed by atoms with E-state index in [-0.39, 0.29) is 27.9 Å². The monoisotopic (exact) mass is 396 g/mol. The Balaban J connectivity index is 1.89. The zero-order chi connectivity index (χ0) is 29.0. The highest BCUT2D eigenvalue weighted by Gasteiger charge is 2.13. The Morgan fingerprint density at radius 1 is 0.633 bits per heavy atom. The molecule has 5 aromatic carbocycles. The van der Waals surface area contributed by atoms with Crippen LogP contribution >= 0.6 is 0 Å². The minimum atomic E-state index is -0.547. The molecule has 0 aromatic heterocycles. The highest BCUT2D eigenvalue weighted by atomic mass is 14.9. The summed E-state index contributed by atoms with van der Waals surface area (Å²) >= 11 is 0. The van der Waals surface area contributed by atoms with Crippen LogP contribution in [-0.4, -0.2) is 0 Å². The van der Waals surface area contributed by atoms with Crippen LogP contribution in [0, 0.1) is 0 Å². The van der Waals surface area contributed by atoms with Gasteiger partial charge in [0.2, 0.25) is 0 Å². The molecular weight excluding hydrogens is 364 g/mol. The minimum Gasteiger partial charge on any atom is -0.397 e. The number of nitrogen functional groups attached to an aromatic ring is 1. The Morgan fingerprint density at radius 2 is 1.17 bits per heavy atom. The van der Waals surface area contributed by atoms with E-state index in [9.17, 15) is 0 Å². The molecule has 0 bridgehead atoms. The summed E-state index contributed by atoms with van der Waals surface area (Å²) in [7, 11) is 0. The molecule has 0 unspecified atom stereocenters. The molecule has 0 radical (unpaired) electrons. The van der Waals surface area contributed by atoms with Crippen LogP contribution in [0.4, 0.5) is 17.1 Å². The van der Waals surface area contributed by atoms with Crippen molar-refractivity contribution in [3.05, 3.63) is 115 Å². The molecule has 0 amide bonds. The summed E-state index contributed by atoms with van der Waals surface area (Å²) in [5.41, 5.74) is 7.46. The van der Waals surface area contributed by atoms with E-state index < -0.39 is 60.4 Å². The van der Waals surface area contributed by atoms with Gasteiger partial charge >= 0.3 is 0 Å². The van der Waals surface area contributed by atoms with E-state index in [0.29, 0.717) is 11.4 Å². The molecule has 0 saturated heterocycles. The number of hydrogen-bond donors (Lipinski definition) is 2. The molecule has 0 heterocycles. The number of rotatable bonds is 4. The standard InChI is InChI=1S/C28H22N2/c29-26-18-22-14-7-8-15-23(22)19-27(26)30-28-24(20-10-3-1-4-11-20)16-9-17-25(28)21-12-5-2-6-13-21/h1-19,30H,29H2/i1D,2D,3D,4D,5D,6D,10D,11D,12D,13D. The zero-order valence-corrected chi connectivity index (χ0v) is 15.8. The maximum atomic E-state index is 8.57. The summed E-state index contributed by atoms with van der Waals surface area (Å²) in [6.45, 7) is 0. The van der Waals surface area contributed by atoms with Crippen molar-refractivity contribution in [2.45, 2.75) is 0 Å². The first kappa shape index (κ1) is 10.1. The molecular formula is C28H22N2. The molecule has 2 heteroatoms. The van der Waals surface area contributed by atoms with Gasteiger partial charge in [-0.2, -0.15) is 0 Å². The second-order valence-electron chi connectivity index (χ2n) is 6.64. The first-order valence-corrected chi connectivity index (χ1v) is 9.26. The molecule has 0 atom stereocenters. The fraction of sp³-hybridized carbons (Fsp3) is 0. The van der Waals surface area contributed by atoms with Crippen LogP contribution in [0.5, 0.6) is 0 Å². The maximum absolute atomic E-state index is 8.57. The van der Waals surface area contributed by atoms with E-state index in [2.05, 4.69) is 5.32 Å². The molecule has 0 aliphatic carbocycles. The predicted molar refractivity (Wildman–Crippen MR) is 129 cm³/mol. The van der Waals surface area contributed by atoms with Gasteiger partial charge in [0.25, 0.3) is 0 Å². The van der Waals surface area contributed by atoms with E-state index in [4.69, 9.17) is 19.4 Å². The zero-order valence-electron chi connectivity index (χ0n) is 25.8. The molecule has 30 heavy (non-hydrogen) atoms. The fourth-order valence-electron chi connectivity index (χ4n) is 3.37. The van der Waals surface area contributed by atoms with Crippen LogP contribution in [0.3, 0.4) is 0 Å². The van der Waals surface area contributed by atoms with Crippen molar-refractivity contribution in [1.82, 2.24) is 0 Å². The predicted octanol–water partition coefficient (Wildman–Crippen LogP) is 7.50. The Hall–Kier alpha value is -4.04. The SMILES string of the molecule is [2H]c1c([2H])c([2H])c(-c2cccc(-c3c([2H])c([2H])c([2H])c([2H])c3[2H])c2Nc2cc3ccccc3cc2N)c([2H])c1[2H]. The molecule has 5 rings (SSSR count). The molecule has 0 spiro atoms. The van der Waals surface area contributed by atoms with E-state index in [0.717, 1.165) is 10.8 Å². The number of anilines is 3. The molecule has 144 valence electrons. The Kier molecular flexibility index (Phi) is 2.62. The van der Waals surface area contributed by atoms with Gasteiger partial charge < -0.3 is 11.1 Å². The Labute approximate surface area is 190 Å². The number of nitrogens with one attached hydrogen (secondary N) is 1. The minimum absolute atomic E-state index is 0.109. The van der Waals surface area contributed by atoms with Crippen LogP contribution < -0.4 is 11.1 Å². The largest absolute Gasteiger partial charge is 0.397 e. The Bertz CT molecular complexity index is 1710. The van der Waals surface area contributed by atoms with Crippen molar-refractivity contribution in [3.63, 3.8) is 0 Å². The van der Waals surface area contributed by atoms with E-state index in [1.165, 1.54) is 0 Å². The van der Waals surface area contributed by atoms with Gasteiger partial charge in [-0.1, -0.05) is 103 Å². The van der Waals surface area contributed by atoms with Crippen LogP contribution in [0.25, 0.3) is 33.0 Å². The number of hydrogen-bond acceptors (Lipinski definition) is 2. The summed E-state index contributed by atoms with van der Waals surface area (Å²) in [6.07, 6.45) is 0. The van der Waals surface area contributed by atoms with Gasteiger partial charge in [-0.15, -0.1) is 0 Å². The average molecular weight is 397 g/mol. The normalized spacial score (nSPS) is 15.5. The number of para-hydroxylation sites is 1. The quantitative estimate of drug-likeness (QED) is 0.309. The highest BCUT2D eigenvalue weighted by molar-refractivity contribution is 5.97. The molecule has 0 aliphatic heterocycles. The van der Waals surface area contributed by atoms with Crippen molar-refractivity contribution in [1.29, 1.82) is 0 Å². The van der Waals surface area contributed by atoms with Crippen LogP contribution in [-0.2, 0) is 0 Å². The third-order valence-electron chi connectivity index (χ3n) is 4.78. The maximum Gasteiger partial charge on any atom is 0.0629 e. The highest BCUT2D eigenvalue weighted by Crippen LogP contribution is 2.40. The van der Waals surface area contributed by atoms with Crippen LogP contribution in [0.15, 0.2) is 115 Å². The second kappa shape index (κ2) is 7.76. The van der Waals surface area contributed by atoms with Crippen molar-refractivity contribution in [3.8, 4) is 22.3 Å². The van der Waals surface area contributed by atoms with Gasteiger partial charge in [-0.3, -0.25) is 0 Å². The summed E-state index contributed by atoms with van der Waals surface area (Å²) < 4.78 is 83.0. The van der Waals surface area contributed by atoms with Crippen molar-refractivity contribution >= 4 is 27.8 Å². The number of nitrogens with two attached hydrogens (primary N) is 1. The first-order chi connectivity index (χ1) is 18.9. The summed E-state index contributed by atoms with van der Waals surface area (Å²) in [6, 6.07) is 10.7. The summed E-state index contributed by atoms with van der Waals surface area (Å²) in [5, 5.41) is 4.95. The van der Waals surface area contributed by atoms with Crippen molar-refractivity contribution in [2.75, 3.05) is 11.1 Å². The third-order valence-corrected chi connectivity index (χ3v) is 4.78. The van der Waals surface area contributed by atoms with E-state index in [1.807, 2.05) is 24.3 Å². The second-order valence-corrected chi connectivity index (χ2v) is 6.64. The average Bonchev–Trinajstić information content (AvgIpc) is 2.94. The van der Waals surface area contributed by atoms with Crippen molar-refractivity contribution < 1.29 is 13.7 Å². The van der Waals surface area contributed by atoms with Gasteiger partial charge in [0.05, 0.1) is 30.8 Å². The van der Waals surface area contributed by atoms with E-state index >= 15 is 0 Å². The molecule has 2 nitrogen and oxygen atoms in total. The molecule has 5 aromatic rings. The lowest BCUT2D eigenvalue weighted by Gasteiger charge is -2.19. The lowest BCUT2D eigenvalue weighted by Crippen LogP contribution is -2.00. The molecule has 0 fully saturated rings. The van der Waals surface area contributed by atoms with Crippen molar-refractivity contribution in [2.24, 2.45) is 0 Å². The van der Waals surface area contributed by atoms with Gasteiger partial charge in [0.15, 0.2) is 0 Å². The number of benzene rings is 5. The molecule has 0 aliphatic rings. The van der Waals surface area contributed by atoms with Gasteiger partial charge in [-0.25, -0.2) is 0 Å². The number of fused-ring (bicyclic) bond motifs is 1. The lowest BCUT2D eigenvalue weighted by molar-refractivity contribution is 1.52. The summed E-state index contributed by atoms with van der Waals surface area (Å²) in [4.78, 5) is 0. The fourth-order valence-corrected chi connectivity index (χ4v) is 3.37. The molecule has 3 N–H and O–H groups in total. The smallest absolute Gasteiger partial charge is 0.0629 e. The topological polar surface area (TPSA) is 38.0 Å². The first-order valence-electron chi connectivity index (χ1n) is 14.3. The van der Waals surface area contributed by atoms with E-state index in [1.54, 1.807) is 30.3 Å². The van der Waals surface area contributed by atoms with Gasteiger partial charge in [0, 0.05) is 11.1 Å². The third kappa shape index (κ3) is 3.40. The van der Waals surface area contributed by atoms with Gasteiger partial charge in [0.1, 0.15) is 0 Å².